The van der Waals surface area contributed by atoms with E-state index in [1.165, 1.54) is 43.5 Å². The fourth-order valence-corrected chi connectivity index (χ4v) is 5.11. The van der Waals surface area contributed by atoms with Gasteiger partial charge in [0.15, 0.2) is 0 Å². The summed E-state index contributed by atoms with van der Waals surface area (Å²) in [6, 6.07) is 13.0. The number of nitrogens with one attached hydrogen (secondary N) is 1. The maximum absolute atomic E-state index is 4.71. The summed E-state index contributed by atoms with van der Waals surface area (Å²) in [5.41, 5.74) is 5.68. The lowest BCUT2D eigenvalue weighted by atomic mass is 10.0. The van der Waals surface area contributed by atoms with Crippen molar-refractivity contribution in [1.82, 2.24) is 30.0 Å². The molecule has 0 radical (unpaired) electrons. The van der Waals surface area contributed by atoms with E-state index in [1.807, 2.05) is 29.5 Å². The Labute approximate surface area is 200 Å². The summed E-state index contributed by atoms with van der Waals surface area (Å²) < 4.78 is 1.97. The van der Waals surface area contributed by atoms with Crippen LogP contribution in [0.15, 0.2) is 61.2 Å². The van der Waals surface area contributed by atoms with E-state index in [1.54, 1.807) is 0 Å². The van der Waals surface area contributed by atoms with Gasteiger partial charge >= 0.3 is 0 Å². The van der Waals surface area contributed by atoms with E-state index >= 15 is 0 Å². The maximum atomic E-state index is 4.71. The second kappa shape index (κ2) is 9.52. The van der Waals surface area contributed by atoms with E-state index in [-0.39, 0.29) is 0 Å². The van der Waals surface area contributed by atoms with Crippen LogP contribution in [-0.2, 0) is 6.54 Å². The van der Waals surface area contributed by atoms with Gasteiger partial charge in [-0.3, -0.25) is 9.88 Å². The lowest BCUT2D eigenvalue weighted by Crippen LogP contribution is -2.43. The zero-order chi connectivity index (χ0) is 22.7. The fraction of sp³-hybridized carbons (Fsp3) is 0.370. The van der Waals surface area contributed by atoms with E-state index in [0.29, 0.717) is 0 Å². The lowest BCUT2D eigenvalue weighted by molar-refractivity contribution is 0.220. The Morgan fingerprint density at radius 2 is 1.68 bits per heavy atom. The lowest BCUT2D eigenvalue weighted by Gasteiger charge is -2.28. The Kier molecular flexibility index (Phi) is 5.95. The van der Waals surface area contributed by atoms with Gasteiger partial charge in [-0.15, -0.1) is 0 Å². The second-order valence-electron chi connectivity index (χ2n) is 9.36. The van der Waals surface area contributed by atoms with Crippen LogP contribution < -0.4 is 10.2 Å². The third-order valence-electron chi connectivity index (χ3n) is 6.97. The van der Waals surface area contributed by atoms with Crippen LogP contribution in [0.2, 0.25) is 0 Å². The summed E-state index contributed by atoms with van der Waals surface area (Å²) in [4.78, 5) is 14.1. The van der Waals surface area contributed by atoms with Gasteiger partial charge in [0, 0.05) is 56.1 Å². The van der Waals surface area contributed by atoms with Crippen LogP contribution in [-0.4, -0.2) is 63.9 Å². The number of piperazine rings is 1. The predicted molar refractivity (Wildman–Crippen MR) is 136 cm³/mol. The third-order valence-corrected chi connectivity index (χ3v) is 6.97. The average molecular weight is 454 g/mol. The van der Waals surface area contributed by atoms with Crippen molar-refractivity contribution in [2.75, 3.05) is 44.2 Å². The first-order valence-electron chi connectivity index (χ1n) is 12.4. The van der Waals surface area contributed by atoms with Gasteiger partial charge in [0.2, 0.25) is 0 Å². The largest absolute Gasteiger partial charge is 0.354 e. The minimum Gasteiger partial charge on any atom is -0.354 e. The van der Waals surface area contributed by atoms with Crippen molar-refractivity contribution in [3.8, 4) is 16.8 Å². The van der Waals surface area contributed by atoms with Gasteiger partial charge in [-0.2, -0.15) is 5.10 Å². The monoisotopic (exact) mass is 453 g/mol. The first kappa shape index (κ1) is 21.3. The highest BCUT2D eigenvalue weighted by Crippen LogP contribution is 2.27. The molecule has 1 N–H and O–H groups in total. The number of aromatic nitrogens is 4. The third kappa shape index (κ3) is 4.41. The highest BCUT2D eigenvalue weighted by molar-refractivity contribution is 5.85. The molecule has 0 spiro atoms. The molecule has 7 nitrogen and oxygen atoms in total. The molecule has 0 bridgehead atoms. The zero-order valence-electron chi connectivity index (χ0n) is 19.5. The molecule has 2 fully saturated rings. The summed E-state index contributed by atoms with van der Waals surface area (Å²) >= 11 is 0. The van der Waals surface area contributed by atoms with Crippen LogP contribution >= 0.6 is 0 Å². The van der Waals surface area contributed by atoms with Crippen molar-refractivity contribution in [3.63, 3.8) is 0 Å². The number of hydrogen-bond donors (Lipinski definition) is 1. The van der Waals surface area contributed by atoms with Gasteiger partial charge in [-0.05, 0) is 67.4 Å². The van der Waals surface area contributed by atoms with Gasteiger partial charge in [0.1, 0.15) is 5.82 Å². The highest BCUT2D eigenvalue weighted by Gasteiger charge is 2.14. The number of hydrogen-bond acceptors (Lipinski definition) is 6. The van der Waals surface area contributed by atoms with Crippen molar-refractivity contribution >= 4 is 16.7 Å². The second-order valence-corrected chi connectivity index (χ2v) is 9.36. The number of rotatable bonds is 5. The van der Waals surface area contributed by atoms with Crippen LogP contribution in [0.3, 0.4) is 0 Å². The van der Waals surface area contributed by atoms with Crippen molar-refractivity contribution in [1.29, 1.82) is 0 Å². The van der Waals surface area contributed by atoms with E-state index < -0.39 is 0 Å². The Balaban J connectivity index is 1.23. The highest BCUT2D eigenvalue weighted by atomic mass is 15.3. The number of likely N-dealkylation sites (tertiary alicyclic amines) is 1. The summed E-state index contributed by atoms with van der Waals surface area (Å²) in [5.74, 6) is 1.03. The summed E-state index contributed by atoms with van der Waals surface area (Å²) in [7, 11) is 0. The van der Waals surface area contributed by atoms with Crippen molar-refractivity contribution in [3.05, 3.63) is 66.7 Å². The molecule has 0 unspecified atom stereocenters. The molecular formula is C27H31N7. The quantitative estimate of drug-likeness (QED) is 0.495. The summed E-state index contributed by atoms with van der Waals surface area (Å²) in [6.07, 6.45) is 11.8. The molecule has 0 aliphatic carbocycles. The van der Waals surface area contributed by atoms with Gasteiger partial charge in [-0.1, -0.05) is 12.5 Å². The molecule has 34 heavy (non-hydrogen) atoms. The first-order valence-corrected chi connectivity index (χ1v) is 12.4. The predicted octanol–water partition coefficient (Wildman–Crippen LogP) is 3.88. The Morgan fingerprint density at radius 3 is 2.50 bits per heavy atom. The van der Waals surface area contributed by atoms with Gasteiger partial charge < -0.3 is 10.2 Å². The minimum absolute atomic E-state index is 0.979. The molecule has 2 saturated heterocycles. The SMILES string of the molecule is c1ncc(-c2ccc3c(cnn3-c3ccc(N4CCNCC4)nc3)c2)cc1CN1CCCCC1. The normalized spacial score (nSPS) is 17.4. The molecule has 174 valence electrons. The molecule has 3 aromatic heterocycles. The summed E-state index contributed by atoms with van der Waals surface area (Å²) in [5, 5.41) is 9.17. The molecular weight excluding hydrogens is 422 g/mol. The molecule has 1 aromatic carbocycles. The van der Waals surface area contributed by atoms with E-state index in [0.717, 1.165) is 60.7 Å². The molecule has 0 saturated carbocycles. The Hall–Kier alpha value is -3.29. The van der Waals surface area contributed by atoms with Crippen molar-refractivity contribution in [2.24, 2.45) is 0 Å². The number of anilines is 1. The average Bonchev–Trinajstić information content (AvgIpc) is 3.33. The van der Waals surface area contributed by atoms with Crippen LogP contribution in [0, 0.1) is 0 Å². The topological polar surface area (TPSA) is 62.1 Å². The fourth-order valence-electron chi connectivity index (χ4n) is 5.11. The number of fused-ring (bicyclic) bond motifs is 1. The molecule has 7 heteroatoms. The van der Waals surface area contributed by atoms with E-state index in [4.69, 9.17) is 4.98 Å². The zero-order valence-corrected chi connectivity index (χ0v) is 19.5. The number of nitrogens with zero attached hydrogens (tertiary/aromatic N) is 6. The standard InChI is InChI=1S/C27H31N7/c1-2-10-32(11-3-1)20-21-14-23(17-29-16-21)22-4-6-26-24(15-22)18-31-34(26)25-5-7-27(30-19-25)33-12-8-28-9-13-33/h4-7,14-19,28H,1-3,8-13,20H2. The number of piperidine rings is 1. The van der Waals surface area contributed by atoms with Crippen LogP contribution in [0.4, 0.5) is 5.82 Å². The smallest absolute Gasteiger partial charge is 0.128 e. The molecule has 6 rings (SSSR count). The van der Waals surface area contributed by atoms with Gasteiger partial charge in [0.25, 0.3) is 0 Å². The first-order chi connectivity index (χ1) is 16.8. The Morgan fingerprint density at radius 1 is 0.794 bits per heavy atom. The Bertz CT molecular complexity index is 1250. The maximum Gasteiger partial charge on any atom is 0.128 e. The van der Waals surface area contributed by atoms with Gasteiger partial charge in [-0.25, -0.2) is 9.67 Å². The van der Waals surface area contributed by atoms with Crippen LogP contribution in [0.5, 0.6) is 0 Å². The van der Waals surface area contributed by atoms with Crippen LogP contribution in [0.1, 0.15) is 24.8 Å². The number of benzene rings is 1. The van der Waals surface area contributed by atoms with Crippen molar-refractivity contribution in [2.45, 2.75) is 25.8 Å². The molecule has 0 amide bonds. The van der Waals surface area contributed by atoms with E-state index in [9.17, 15) is 0 Å². The molecule has 5 heterocycles. The van der Waals surface area contributed by atoms with Gasteiger partial charge in [0.05, 0.1) is 23.6 Å². The minimum atomic E-state index is 0.979. The molecule has 2 aliphatic rings. The van der Waals surface area contributed by atoms with E-state index in [2.05, 4.69) is 61.6 Å². The number of pyridine rings is 2. The van der Waals surface area contributed by atoms with Crippen molar-refractivity contribution < 1.29 is 0 Å². The molecule has 4 aromatic rings. The van der Waals surface area contributed by atoms with Crippen LogP contribution in [0.25, 0.3) is 27.7 Å². The molecule has 2 aliphatic heterocycles. The molecule has 0 atom stereocenters. The summed E-state index contributed by atoms with van der Waals surface area (Å²) in [6.45, 7) is 7.37.